The van der Waals surface area contributed by atoms with Gasteiger partial charge < -0.3 is 14.6 Å². The van der Waals surface area contributed by atoms with Crippen molar-refractivity contribution >= 4 is 17.3 Å². The van der Waals surface area contributed by atoms with E-state index in [0.717, 1.165) is 24.2 Å². The fraction of sp³-hybridized carbons (Fsp3) is 0.474. The second kappa shape index (κ2) is 9.16. The minimum absolute atomic E-state index is 0.00190. The van der Waals surface area contributed by atoms with E-state index in [1.165, 1.54) is 19.2 Å². The second-order valence-corrected chi connectivity index (χ2v) is 6.13. The van der Waals surface area contributed by atoms with Crippen LogP contribution < -0.4 is 4.90 Å². The van der Waals surface area contributed by atoms with Crippen molar-refractivity contribution in [3.05, 3.63) is 51.6 Å². The highest BCUT2D eigenvalue weighted by atomic mass is 16.6. The number of carbonyl (C=O) groups excluding carboxylic acids is 1. The van der Waals surface area contributed by atoms with Gasteiger partial charge >= 0.3 is 5.97 Å². The first-order valence-electron chi connectivity index (χ1n) is 9.13. The van der Waals surface area contributed by atoms with E-state index >= 15 is 0 Å². The maximum absolute atomic E-state index is 11.8. The van der Waals surface area contributed by atoms with Gasteiger partial charge in [0.05, 0.1) is 29.6 Å². The number of ether oxygens (including phenoxy) is 1. The van der Waals surface area contributed by atoms with Crippen LogP contribution >= 0.6 is 0 Å². The predicted octanol–water partition coefficient (Wildman–Crippen LogP) is 3.82. The number of H-pyrrole nitrogens is 1. The number of carbonyl (C=O) groups is 1. The standard InChI is InChI=1S/C17H20N4O4.C2H6/c1-11-16(19-10-18-11)12-5-7-20(8-6-12)15-9-13(17(22)25-2)3-4-14(15)21(23)24;1-2/h3-4,9-10,12H,5-8H2,1-2H3,(H,18,19);1-2H3. The molecule has 8 nitrogen and oxygen atoms in total. The Balaban J connectivity index is 0.00000126. The minimum Gasteiger partial charge on any atom is -0.465 e. The van der Waals surface area contributed by atoms with E-state index in [1.807, 2.05) is 25.7 Å². The van der Waals surface area contributed by atoms with Gasteiger partial charge in [-0.1, -0.05) is 13.8 Å². The number of hydrogen-bond acceptors (Lipinski definition) is 6. The number of nitrogens with one attached hydrogen (secondary N) is 1. The summed E-state index contributed by atoms with van der Waals surface area (Å²) in [4.78, 5) is 32.1. The third-order valence-corrected chi connectivity index (χ3v) is 4.68. The molecule has 2 heterocycles. The average Bonchev–Trinajstić information content (AvgIpc) is 3.14. The molecule has 3 rings (SSSR count). The van der Waals surface area contributed by atoms with Crippen molar-refractivity contribution in [1.29, 1.82) is 0 Å². The van der Waals surface area contributed by atoms with Gasteiger partial charge in [-0.3, -0.25) is 10.1 Å². The van der Waals surface area contributed by atoms with Crippen molar-refractivity contribution < 1.29 is 14.5 Å². The maximum Gasteiger partial charge on any atom is 0.337 e. The van der Waals surface area contributed by atoms with Gasteiger partial charge in [0.1, 0.15) is 5.69 Å². The molecule has 146 valence electrons. The van der Waals surface area contributed by atoms with Crippen molar-refractivity contribution in [1.82, 2.24) is 9.97 Å². The number of anilines is 1. The van der Waals surface area contributed by atoms with Crippen molar-refractivity contribution in [3.63, 3.8) is 0 Å². The van der Waals surface area contributed by atoms with Gasteiger partial charge in [0.2, 0.25) is 0 Å². The first-order chi connectivity index (χ1) is 13.0. The lowest BCUT2D eigenvalue weighted by Crippen LogP contribution is -2.33. The molecule has 0 saturated carbocycles. The van der Waals surface area contributed by atoms with Crippen molar-refractivity contribution in [3.8, 4) is 0 Å². The summed E-state index contributed by atoms with van der Waals surface area (Å²) in [6, 6.07) is 4.34. The highest BCUT2D eigenvalue weighted by Crippen LogP contribution is 2.35. The van der Waals surface area contributed by atoms with Crippen molar-refractivity contribution in [2.75, 3.05) is 25.1 Å². The monoisotopic (exact) mass is 374 g/mol. The molecule has 0 radical (unpaired) electrons. The molecule has 0 bridgehead atoms. The summed E-state index contributed by atoms with van der Waals surface area (Å²) < 4.78 is 4.72. The zero-order valence-electron chi connectivity index (χ0n) is 16.2. The fourth-order valence-electron chi connectivity index (χ4n) is 3.35. The van der Waals surface area contributed by atoms with Crippen LogP contribution in [0.2, 0.25) is 0 Å². The molecule has 0 atom stereocenters. The third kappa shape index (κ3) is 4.45. The summed E-state index contributed by atoms with van der Waals surface area (Å²) in [5.41, 5.74) is 2.91. The summed E-state index contributed by atoms with van der Waals surface area (Å²) >= 11 is 0. The topological polar surface area (TPSA) is 101 Å². The number of methoxy groups -OCH3 is 1. The Hall–Kier alpha value is -2.90. The second-order valence-electron chi connectivity index (χ2n) is 6.13. The lowest BCUT2D eigenvalue weighted by Gasteiger charge is -2.33. The van der Waals surface area contributed by atoms with Gasteiger partial charge in [-0.15, -0.1) is 0 Å². The minimum atomic E-state index is -0.502. The molecule has 1 aliphatic rings. The van der Waals surface area contributed by atoms with Crippen LogP contribution in [0.1, 0.15) is 54.4 Å². The van der Waals surface area contributed by atoms with Crippen LogP contribution in [0.4, 0.5) is 11.4 Å². The molecule has 1 aromatic heterocycles. The summed E-state index contributed by atoms with van der Waals surface area (Å²) in [6.07, 6.45) is 3.40. The molecule has 27 heavy (non-hydrogen) atoms. The number of benzene rings is 1. The Kier molecular flexibility index (Phi) is 6.92. The molecule has 1 saturated heterocycles. The number of esters is 1. The zero-order valence-corrected chi connectivity index (χ0v) is 16.2. The van der Waals surface area contributed by atoms with E-state index < -0.39 is 10.9 Å². The number of imidazole rings is 1. The van der Waals surface area contributed by atoms with E-state index in [2.05, 4.69) is 9.97 Å². The first kappa shape index (κ1) is 20.4. The van der Waals surface area contributed by atoms with E-state index in [4.69, 9.17) is 4.74 Å². The van der Waals surface area contributed by atoms with Crippen molar-refractivity contribution in [2.24, 2.45) is 0 Å². The molecule has 1 aromatic carbocycles. The number of aromatic nitrogens is 2. The molecule has 0 unspecified atom stereocenters. The number of aryl methyl sites for hydroxylation is 1. The average molecular weight is 374 g/mol. The van der Waals surface area contributed by atoms with Gasteiger partial charge in [-0.2, -0.15) is 0 Å². The Morgan fingerprint density at radius 2 is 2.00 bits per heavy atom. The normalized spacial score (nSPS) is 14.3. The molecule has 1 fully saturated rings. The molecule has 1 N–H and O–H groups in total. The molecule has 1 aliphatic heterocycles. The summed E-state index contributed by atoms with van der Waals surface area (Å²) in [5.74, 6) is -0.163. The quantitative estimate of drug-likeness (QED) is 0.496. The van der Waals surface area contributed by atoms with Gasteiger partial charge in [0, 0.05) is 30.8 Å². The molecular formula is C19H26N4O4. The van der Waals surface area contributed by atoms with Gasteiger partial charge in [0.15, 0.2) is 0 Å². The van der Waals surface area contributed by atoms with Gasteiger partial charge in [0.25, 0.3) is 5.69 Å². The van der Waals surface area contributed by atoms with E-state index in [9.17, 15) is 14.9 Å². The number of nitro groups is 1. The van der Waals surface area contributed by atoms with E-state index in [1.54, 1.807) is 12.4 Å². The van der Waals surface area contributed by atoms with Crippen LogP contribution in [-0.2, 0) is 4.74 Å². The van der Waals surface area contributed by atoms with Crippen molar-refractivity contribution in [2.45, 2.75) is 39.5 Å². The number of nitro benzene ring substituents is 1. The first-order valence-corrected chi connectivity index (χ1v) is 9.13. The molecule has 2 aromatic rings. The Labute approximate surface area is 158 Å². The Morgan fingerprint density at radius 1 is 1.33 bits per heavy atom. The van der Waals surface area contributed by atoms with Crippen LogP contribution in [0, 0.1) is 17.0 Å². The molecular weight excluding hydrogens is 348 g/mol. The lowest BCUT2D eigenvalue weighted by atomic mass is 9.92. The Bertz CT molecular complexity index is 795. The number of hydrogen-bond donors (Lipinski definition) is 1. The van der Waals surface area contributed by atoms with Crippen LogP contribution in [-0.4, -0.2) is 41.1 Å². The number of aromatic amines is 1. The molecule has 0 aliphatic carbocycles. The van der Waals surface area contributed by atoms with Crippen LogP contribution in [0.25, 0.3) is 0 Å². The lowest BCUT2D eigenvalue weighted by molar-refractivity contribution is -0.384. The third-order valence-electron chi connectivity index (χ3n) is 4.68. The smallest absolute Gasteiger partial charge is 0.337 e. The Morgan fingerprint density at radius 3 is 2.52 bits per heavy atom. The van der Waals surface area contributed by atoms with Gasteiger partial charge in [-0.25, -0.2) is 9.78 Å². The largest absolute Gasteiger partial charge is 0.465 e. The molecule has 0 amide bonds. The summed E-state index contributed by atoms with van der Waals surface area (Å²) in [7, 11) is 1.29. The highest BCUT2D eigenvalue weighted by molar-refractivity contribution is 5.91. The number of rotatable bonds is 4. The van der Waals surface area contributed by atoms with Crippen LogP contribution in [0.3, 0.4) is 0 Å². The molecule has 0 spiro atoms. The fourth-order valence-corrected chi connectivity index (χ4v) is 3.35. The van der Waals surface area contributed by atoms with Crippen LogP contribution in [0.5, 0.6) is 0 Å². The molecule has 8 heteroatoms. The summed E-state index contributed by atoms with van der Waals surface area (Å²) in [6.45, 7) is 7.34. The van der Waals surface area contributed by atoms with E-state index in [-0.39, 0.29) is 5.69 Å². The summed E-state index contributed by atoms with van der Waals surface area (Å²) in [5, 5.41) is 11.4. The van der Waals surface area contributed by atoms with Gasteiger partial charge in [-0.05, 0) is 31.9 Å². The number of piperidine rings is 1. The SMILES string of the molecule is CC.COC(=O)c1ccc([N+](=O)[O-])c(N2CCC(c3nc[nH]c3C)CC2)c1. The predicted molar refractivity (Wildman–Crippen MR) is 103 cm³/mol. The number of nitrogens with zero attached hydrogens (tertiary/aromatic N) is 3. The van der Waals surface area contributed by atoms with E-state index in [0.29, 0.717) is 30.3 Å². The zero-order chi connectivity index (χ0) is 20.0. The maximum atomic E-state index is 11.8. The highest BCUT2D eigenvalue weighted by Gasteiger charge is 2.28. The van der Waals surface area contributed by atoms with Crippen LogP contribution in [0.15, 0.2) is 24.5 Å².